The maximum Gasteiger partial charge on any atom is 0.414 e. The highest BCUT2D eigenvalue weighted by Crippen LogP contribution is 2.28. The van der Waals surface area contributed by atoms with Crippen LogP contribution in [0.5, 0.6) is 0 Å². The molecule has 2 saturated heterocycles. The minimum atomic E-state index is -0.557. The van der Waals surface area contributed by atoms with Gasteiger partial charge in [-0.25, -0.2) is 9.18 Å². The van der Waals surface area contributed by atoms with E-state index in [1.54, 1.807) is 24.5 Å². The highest BCUT2D eigenvalue weighted by atomic mass is 32.1. The van der Waals surface area contributed by atoms with Gasteiger partial charge in [0.15, 0.2) is 0 Å². The zero-order chi connectivity index (χ0) is 23.5. The summed E-state index contributed by atoms with van der Waals surface area (Å²) >= 11 is 5.56. The summed E-state index contributed by atoms with van der Waals surface area (Å²) in [5, 5.41) is 2.62. The van der Waals surface area contributed by atoms with Crippen molar-refractivity contribution >= 4 is 40.6 Å². The molecule has 2 aromatic rings. The van der Waals surface area contributed by atoms with Gasteiger partial charge in [-0.05, 0) is 25.1 Å². The second kappa shape index (κ2) is 9.65. The number of nitrogens with zero attached hydrogens (tertiary/aromatic N) is 5. The van der Waals surface area contributed by atoms with Crippen LogP contribution in [0.15, 0.2) is 30.6 Å². The minimum Gasteiger partial charge on any atom is -0.442 e. The first kappa shape index (κ1) is 22.8. The van der Waals surface area contributed by atoms with E-state index in [9.17, 15) is 14.0 Å². The van der Waals surface area contributed by atoms with Crippen molar-refractivity contribution in [1.82, 2.24) is 20.2 Å². The average molecular weight is 473 g/mol. The van der Waals surface area contributed by atoms with Crippen LogP contribution < -0.4 is 15.1 Å². The van der Waals surface area contributed by atoms with Crippen LogP contribution in [0.3, 0.4) is 0 Å². The fourth-order valence-electron chi connectivity index (χ4n) is 3.83. The zero-order valence-electron chi connectivity index (χ0n) is 18.5. The van der Waals surface area contributed by atoms with Gasteiger partial charge in [0.1, 0.15) is 22.6 Å². The highest BCUT2D eigenvalue weighted by molar-refractivity contribution is 7.80. The minimum absolute atomic E-state index is 0.201. The van der Waals surface area contributed by atoms with Gasteiger partial charge >= 0.3 is 6.09 Å². The number of aromatic nitrogens is 2. The van der Waals surface area contributed by atoms with E-state index >= 15 is 0 Å². The molecule has 0 unspecified atom stereocenters. The van der Waals surface area contributed by atoms with E-state index in [1.807, 2.05) is 16.7 Å². The van der Waals surface area contributed by atoms with E-state index in [0.717, 1.165) is 5.69 Å². The summed E-state index contributed by atoms with van der Waals surface area (Å²) in [6.45, 7) is 6.20. The molecule has 0 spiro atoms. The van der Waals surface area contributed by atoms with Crippen LogP contribution in [-0.2, 0) is 9.53 Å². The molecule has 0 bridgehead atoms. The molecule has 33 heavy (non-hydrogen) atoms. The molecular weight excluding hydrogens is 447 g/mol. The predicted octanol–water partition coefficient (Wildman–Crippen LogP) is 1.88. The summed E-state index contributed by atoms with van der Waals surface area (Å²) in [5.74, 6) is -0.612. The molecule has 2 amide bonds. The lowest BCUT2D eigenvalue weighted by atomic mass is 10.2. The van der Waals surface area contributed by atoms with E-state index in [0.29, 0.717) is 48.2 Å². The number of amides is 2. The molecular formula is C22H25FN6O3S. The number of hydrogen-bond acceptors (Lipinski definition) is 7. The Bertz CT molecular complexity index is 1060. The molecule has 174 valence electrons. The number of thiocarbonyl (C=S) groups is 1. The molecule has 0 aliphatic carbocycles. The number of hydrogen-bond donors (Lipinski definition) is 1. The fraction of sp³-hybridized carbons (Fsp3) is 0.409. The van der Waals surface area contributed by atoms with Crippen molar-refractivity contribution in [1.29, 1.82) is 0 Å². The van der Waals surface area contributed by atoms with Crippen molar-refractivity contribution in [2.24, 2.45) is 0 Å². The molecule has 0 radical (unpaired) electrons. The monoisotopic (exact) mass is 472 g/mol. The summed E-state index contributed by atoms with van der Waals surface area (Å²) < 4.78 is 20.2. The lowest BCUT2D eigenvalue weighted by Crippen LogP contribution is -2.49. The number of benzene rings is 1. The van der Waals surface area contributed by atoms with Gasteiger partial charge in [-0.2, -0.15) is 0 Å². The highest BCUT2D eigenvalue weighted by Gasteiger charge is 2.33. The lowest BCUT2D eigenvalue weighted by Gasteiger charge is -2.37. The number of anilines is 2. The average Bonchev–Trinajstić information content (AvgIpc) is 3.18. The summed E-state index contributed by atoms with van der Waals surface area (Å²) in [4.78, 5) is 37.9. The van der Waals surface area contributed by atoms with E-state index in [-0.39, 0.29) is 19.0 Å². The largest absolute Gasteiger partial charge is 0.442 e. The number of aryl methyl sites for hydroxylation is 1. The Balaban J connectivity index is 1.37. The molecule has 2 fully saturated rings. The third-order valence-electron chi connectivity index (χ3n) is 5.60. The number of carbonyl (C=O) groups excluding carboxylic acids is 2. The van der Waals surface area contributed by atoms with Gasteiger partial charge < -0.3 is 19.9 Å². The molecule has 2 aliphatic heterocycles. The standard InChI is InChI=1S/C22H25FN6O3S/c1-14-10-26-19(12-24-14)21(33)28-7-5-27(6-8-28)20-4-3-16(9-18(20)23)29-13-17(32-22(29)31)11-25-15(2)30/h3-4,9-10,12,17H,5-8,11,13H2,1-2H3,(H,25,30)/t17-/m0/s1. The Morgan fingerprint density at radius 1 is 1.24 bits per heavy atom. The first-order valence-electron chi connectivity index (χ1n) is 10.7. The number of cyclic esters (lactones) is 1. The molecule has 1 atom stereocenters. The van der Waals surface area contributed by atoms with E-state index in [4.69, 9.17) is 17.0 Å². The number of rotatable bonds is 5. The van der Waals surface area contributed by atoms with Crippen LogP contribution >= 0.6 is 12.2 Å². The first-order chi connectivity index (χ1) is 15.8. The zero-order valence-corrected chi connectivity index (χ0v) is 19.3. The smallest absolute Gasteiger partial charge is 0.414 e. The van der Waals surface area contributed by atoms with Gasteiger partial charge in [0.05, 0.1) is 36.4 Å². The van der Waals surface area contributed by atoms with Crippen molar-refractivity contribution in [2.45, 2.75) is 20.0 Å². The van der Waals surface area contributed by atoms with Crippen molar-refractivity contribution < 1.29 is 18.7 Å². The van der Waals surface area contributed by atoms with Gasteiger partial charge in [-0.3, -0.25) is 19.7 Å². The Hall–Kier alpha value is -3.34. The number of nitrogens with one attached hydrogen (secondary N) is 1. The van der Waals surface area contributed by atoms with Crippen LogP contribution in [0, 0.1) is 12.7 Å². The topological polar surface area (TPSA) is 90.9 Å². The first-order valence-corrected chi connectivity index (χ1v) is 11.1. The lowest BCUT2D eigenvalue weighted by molar-refractivity contribution is -0.119. The van der Waals surface area contributed by atoms with Crippen molar-refractivity contribution in [3.05, 3.63) is 47.8 Å². The summed E-state index contributed by atoms with van der Waals surface area (Å²) in [6.07, 6.45) is 2.33. The molecule has 4 rings (SSSR count). The van der Waals surface area contributed by atoms with Crippen LogP contribution in [-0.4, -0.2) is 77.2 Å². The molecule has 0 saturated carbocycles. The molecule has 1 aromatic heterocycles. The fourth-order valence-corrected chi connectivity index (χ4v) is 4.12. The molecule has 1 aromatic carbocycles. The maximum absolute atomic E-state index is 15.0. The summed E-state index contributed by atoms with van der Waals surface area (Å²) in [6, 6.07) is 4.73. The van der Waals surface area contributed by atoms with Crippen LogP contribution in [0.1, 0.15) is 18.3 Å². The molecule has 2 aliphatic rings. The number of carbonyl (C=O) groups is 2. The second-order valence-corrected chi connectivity index (χ2v) is 8.40. The van der Waals surface area contributed by atoms with Crippen molar-refractivity contribution in [3.63, 3.8) is 0 Å². The van der Waals surface area contributed by atoms with Gasteiger partial charge in [-0.15, -0.1) is 0 Å². The molecule has 3 heterocycles. The van der Waals surface area contributed by atoms with Gasteiger partial charge in [0.25, 0.3) is 0 Å². The summed E-state index contributed by atoms with van der Waals surface area (Å²) in [7, 11) is 0. The van der Waals surface area contributed by atoms with Crippen LogP contribution in [0.2, 0.25) is 0 Å². The van der Waals surface area contributed by atoms with Crippen LogP contribution in [0.4, 0.5) is 20.6 Å². The molecule has 1 N–H and O–H groups in total. The van der Waals surface area contributed by atoms with Gasteiger partial charge in [-0.1, -0.05) is 12.2 Å². The van der Waals surface area contributed by atoms with E-state index in [2.05, 4.69) is 15.3 Å². The van der Waals surface area contributed by atoms with E-state index in [1.165, 1.54) is 17.9 Å². The normalized spacial score (nSPS) is 18.3. The number of halogens is 1. The Kier molecular flexibility index (Phi) is 6.68. The Morgan fingerprint density at radius 2 is 2.00 bits per heavy atom. The summed E-state index contributed by atoms with van der Waals surface area (Å²) in [5.41, 5.74) is 2.38. The molecule has 9 nitrogen and oxygen atoms in total. The Morgan fingerprint density at radius 3 is 2.64 bits per heavy atom. The second-order valence-electron chi connectivity index (χ2n) is 8.01. The van der Waals surface area contributed by atoms with Gasteiger partial charge in [0.2, 0.25) is 5.91 Å². The Labute approximate surface area is 196 Å². The van der Waals surface area contributed by atoms with E-state index < -0.39 is 18.0 Å². The maximum atomic E-state index is 15.0. The van der Waals surface area contributed by atoms with Crippen LogP contribution in [0.25, 0.3) is 0 Å². The third kappa shape index (κ3) is 5.19. The van der Waals surface area contributed by atoms with Crippen molar-refractivity contribution in [2.75, 3.05) is 49.1 Å². The van der Waals surface area contributed by atoms with Gasteiger partial charge in [0, 0.05) is 39.3 Å². The predicted molar refractivity (Wildman–Crippen MR) is 125 cm³/mol. The SMILES string of the molecule is CC(=O)NC[C@H]1CN(c2ccc(N3CCN(C(=S)c4cnc(C)cn4)CC3)c(F)c2)C(=O)O1. The number of piperazine rings is 1. The third-order valence-corrected chi connectivity index (χ3v) is 6.07. The quantitative estimate of drug-likeness (QED) is 0.660. The number of ether oxygens (including phenoxy) is 1. The molecule has 11 heteroatoms. The van der Waals surface area contributed by atoms with Crippen molar-refractivity contribution in [3.8, 4) is 0 Å².